The zero-order valence-corrected chi connectivity index (χ0v) is 12.2. The van der Waals surface area contributed by atoms with Crippen molar-refractivity contribution in [2.45, 2.75) is 0 Å². The van der Waals surface area contributed by atoms with Gasteiger partial charge in [-0.15, -0.1) is 0 Å². The Hall–Kier alpha value is -2.68. The van der Waals surface area contributed by atoms with E-state index >= 15 is 0 Å². The fourth-order valence-corrected chi connectivity index (χ4v) is 2.18. The summed E-state index contributed by atoms with van der Waals surface area (Å²) in [5.74, 6) is 0.876. The van der Waals surface area contributed by atoms with Crippen LogP contribution in [0.5, 0.6) is 0 Å². The monoisotopic (exact) mass is 275 g/mol. The van der Waals surface area contributed by atoms with E-state index in [9.17, 15) is 0 Å². The fourth-order valence-electron chi connectivity index (χ4n) is 2.18. The second-order valence-corrected chi connectivity index (χ2v) is 5.06. The van der Waals surface area contributed by atoms with Gasteiger partial charge in [0, 0.05) is 14.1 Å². The maximum Gasteiger partial charge on any atom is 0.154 e. The Bertz CT molecular complexity index is 777. The van der Waals surface area contributed by atoms with Crippen LogP contribution in [-0.4, -0.2) is 24.1 Å². The number of hydrogen-bond acceptors (Lipinski definition) is 3. The van der Waals surface area contributed by atoms with Gasteiger partial charge in [0.05, 0.1) is 11.0 Å². The molecule has 3 nitrogen and oxygen atoms in total. The van der Waals surface area contributed by atoms with Crippen molar-refractivity contribution in [2.24, 2.45) is 0 Å². The molecule has 0 spiro atoms. The van der Waals surface area contributed by atoms with Crippen molar-refractivity contribution in [2.75, 3.05) is 19.0 Å². The van der Waals surface area contributed by atoms with E-state index < -0.39 is 0 Å². The minimum Gasteiger partial charge on any atom is -0.361 e. The van der Waals surface area contributed by atoms with Crippen LogP contribution in [0.15, 0.2) is 54.6 Å². The predicted molar refractivity (Wildman–Crippen MR) is 89.2 cm³/mol. The van der Waals surface area contributed by atoms with Crippen molar-refractivity contribution < 1.29 is 0 Å². The third kappa shape index (κ3) is 2.92. The van der Waals surface area contributed by atoms with Crippen LogP contribution in [0, 0.1) is 0 Å². The van der Waals surface area contributed by atoms with Gasteiger partial charge in [0.1, 0.15) is 5.69 Å². The van der Waals surface area contributed by atoms with Gasteiger partial charge >= 0.3 is 0 Å². The largest absolute Gasteiger partial charge is 0.361 e. The van der Waals surface area contributed by atoms with Gasteiger partial charge in [-0.1, -0.05) is 48.5 Å². The third-order valence-electron chi connectivity index (χ3n) is 3.23. The molecule has 0 saturated heterocycles. The molecule has 0 aliphatic heterocycles. The van der Waals surface area contributed by atoms with Gasteiger partial charge in [0.15, 0.2) is 5.82 Å². The van der Waals surface area contributed by atoms with Crippen LogP contribution < -0.4 is 4.90 Å². The molecule has 0 unspecified atom stereocenters. The molecule has 0 radical (unpaired) electrons. The lowest BCUT2D eigenvalue weighted by Gasteiger charge is -2.14. The van der Waals surface area contributed by atoms with Crippen LogP contribution in [0.3, 0.4) is 0 Å². The van der Waals surface area contributed by atoms with E-state index in [1.165, 1.54) is 0 Å². The summed E-state index contributed by atoms with van der Waals surface area (Å²) in [7, 11) is 3.97. The van der Waals surface area contributed by atoms with E-state index in [4.69, 9.17) is 9.97 Å². The smallest absolute Gasteiger partial charge is 0.154 e. The van der Waals surface area contributed by atoms with Crippen LogP contribution in [0.2, 0.25) is 0 Å². The van der Waals surface area contributed by atoms with Gasteiger partial charge in [0.2, 0.25) is 0 Å². The number of fused-ring (bicyclic) bond motifs is 1. The standard InChI is InChI=1S/C18H17N3/c1-21(2)18-17(13-12-14-8-4-3-5-9-14)19-15-10-6-7-11-16(15)20-18/h3-13H,1-2H3. The van der Waals surface area contributed by atoms with Gasteiger partial charge in [0.25, 0.3) is 0 Å². The van der Waals surface area contributed by atoms with E-state index in [2.05, 4.69) is 18.2 Å². The highest BCUT2D eigenvalue weighted by Gasteiger charge is 2.07. The number of hydrogen-bond donors (Lipinski definition) is 0. The van der Waals surface area contributed by atoms with Crippen LogP contribution in [0.4, 0.5) is 5.82 Å². The Labute approximate surface area is 124 Å². The molecule has 1 heterocycles. The minimum absolute atomic E-state index is 0.876. The van der Waals surface area contributed by atoms with Crippen LogP contribution in [0.1, 0.15) is 11.3 Å². The molecule has 0 aliphatic carbocycles. The molecule has 3 aromatic rings. The first-order valence-corrected chi connectivity index (χ1v) is 6.91. The zero-order chi connectivity index (χ0) is 14.7. The van der Waals surface area contributed by atoms with Crippen LogP contribution >= 0.6 is 0 Å². The van der Waals surface area contributed by atoms with E-state index in [0.29, 0.717) is 0 Å². The highest BCUT2D eigenvalue weighted by molar-refractivity contribution is 5.81. The predicted octanol–water partition coefficient (Wildman–Crippen LogP) is 3.87. The molecule has 2 aromatic carbocycles. The lowest BCUT2D eigenvalue weighted by molar-refractivity contribution is 1.06. The second kappa shape index (κ2) is 5.75. The molecule has 0 fully saturated rings. The van der Waals surface area contributed by atoms with E-state index in [1.807, 2.05) is 67.5 Å². The number of rotatable bonds is 3. The van der Waals surface area contributed by atoms with Gasteiger partial charge in [-0.25, -0.2) is 9.97 Å². The summed E-state index contributed by atoms with van der Waals surface area (Å²) in [6, 6.07) is 18.1. The van der Waals surface area contributed by atoms with Crippen molar-refractivity contribution in [3.63, 3.8) is 0 Å². The van der Waals surface area contributed by atoms with E-state index in [0.717, 1.165) is 28.1 Å². The first-order valence-electron chi connectivity index (χ1n) is 6.91. The summed E-state index contributed by atoms with van der Waals surface area (Å²) in [5.41, 5.74) is 3.86. The minimum atomic E-state index is 0.876. The van der Waals surface area contributed by atoms with Gasteiger partial charge in [-0.05, 0) is 23.8 Å². The number of para-hydroxylation sites is 2. The fraction of sp³-hybridized carbons (Fsp3) is 0.111. The first-order chi connectivity index (χ1) is 10.2. The molecular formula is C18H17N3. The SMILES string of the molecule is CN(C)c1nc2ccccc2nc1C=Cc1ccccc1. The Morgan fingerprint density at radius 3 is 2.05 bits per heavy atom. The van der Waals surface area contributed by atoms with Gasteiger partial charge in [-0.3, -0.25) is 0 Å². The number of benzene rings is 2. The average Bonchev–Trinajstić information content (AvgIpc) is 2.53. The summed E-state index contributed by atoms with van der Waals surface area (Å²) < 4.78 is 0. The Balaban J connectivity index is 2.07. The van der Waals surface area contributed by atoms with Crippen molar-refractivity contribution in [3.05, 3.63) is 65.9 Å². The Morgan fingerprint density at radius 1 is 0.762 bits per heavy atom. The maximum absolute atomic E-state index is 4.72. The normalized spacial score (nSPS) is 11.1. The molecule has 104 valence electrons. The van der Waals surface area contributed by atoms with Gasteiger partial charge in [-0.2, -0.15) is 0 Å². The van der Waals surface area contributed by atoms with Gasteiger partial charge < -0.3 is 4.90 Å². The zero-order valence-electron chi connectivity index (χ0n) is 12.2. The quantitative estimate of drug-likeness (QED) is 0.726. The summed E-state index contributed by atoms with van der Waals surface area (Å²) in [6.45, 7) is 0. The third-order valence-corrected chi connectivity index (χ3v) is 3.23. The molecule has 0 N–H and O–H groups in total. The number of anilines is 1. The Kier molecular flexibility index (Phi) is 3.65. The summed E-state index contributed by atoms with van der Waals surface area (Å²) >= 11 is 0. The highest BCUT2D eigenvalue weighted by atomic mass is 15.1. The van der Waals surface area contributed by atoms with E-state index in [1.54, 1.807) is 0 Å². The molecule has 0 saturated carbocycles. The van der Waals surface area contributed by atoms with Crippen LogP contribution in [0.25, 0.3) is 23.2 Å². The molecular weight excluding hydrogens is 258 g/mol. The molecule has 3 rings (SSSR count). The van der Waals surface area contributed by atoms with Crippen molar-refractivity contribution >= 4 is 29.0 Å². The van der Waals surface area contributed by atoms with E-state index in [-0.39, 0.29) is 0 Å². The van der Waals surface area contributed by atoms with Crippen molar-refractivity contribution in [1.29, 1.82) is 0 Å². The summed E-state index contributed by atoms with van der Waals surface area (Å²) in [5, 5.41) is 0. The lowest BCUT2D eigenvalue weighted by atomic mass is 10.2. The summed E-state index contributed by atoms with van der Waals surface area (Å²) in [4.78, 5) is 11.4. The van der Waals surface area contributed by atoms with Crippen molar-refractivity contribution in [1.82, 2.24) is 9.97 Å². The molecule has 0 aliphatic rings. The first kappa shape index (κ1) is 13.3. The van der Waals surface area contributed by atoms with Crippen molar-refractivity contribution in [3.8, 4) is 0 Å². The molecule has 3 heteroatoms. The lowest BCUT2D eigenvalue weighted by Crippen LogP contribution is -2.13. The highest BCUT2D eigenvalue weighted by Crippen LogP contribution is 2.21. The molecule has 0 bridgehead atoms. The summed E-state index contributed by atoms with van der Waals surface area (Å²) in [6.07, 6.45) is 4.08. The molecule has 1 aromatic heterocycles. The Morgan fingerprint density at radius 2 is 1.38 bits per heavy atom. The number of nitrogens with zero attached hydrogens (tertiary/aromatic N) is 3. The van der Waals surface area contributed by atoms with Crippen LogP contribution in [-0.2, 0) is 0 Å². The molecule has 0 atom stereocenters. The number of aromatic nitrogens is 2. The molecule has 21 heavy (non-hydrogen) atoms. The second-order valence-electron chi connectivity index (χ2n) is 5.06. The average molecular weight is 275 g/mol. The topological polar surface area (TPSA) is 29.0 Å². The maximum atomic E-state index is 4.72. The molecule has 0 amide bonds.